The van der Waals surface area contributed by atoms with E-state index in [4.69, 9.17) is 0 Å². The topological polar surface area (TPSA) is 58.2 Å². The van der Waals surface area contributed by atoms with Crippen LogP contribution in [-0.2, 0) is 10.0 Å². The quantitative estimate of drug-likeness (QED) is 0.721. The molecule has 19 heavy (non-hydrogen) atoms. The van der Waals surface area contributed by atoms with Crippen LogP contribution in [0.3, 0.4) is 0 Å². The minimum absolute atomic E-state index is 0.0962. The molecule has 0 bridgehead atoms. The van der Waals surface area contributed by atoms with Crippen molar-refractivity contribution in [2.45, 2.75) is 33.1 Å². The van der Waals surface area contributed by atoms with Gasteiger partial charge in [0.05, 0.1) is 5.75 Å². The van der Waals surface area contributed by atoms with Crippen molar-refractivity contribution in [2.24, 2.45) is 0 Å². The Morgan fingerprint density at radius 2 is 1.74 bits per heavy atom. The number of rotatable bonds is 8. The van der Waals surface area contributed by atoms with Crippen molar-refractivity contribution in [1.29, 1.82) is 0 Å². The summed E-state index contributed by atoms with van der Waals surface area (Å²) < 4.78 is 26.3. The maximum atomic E-state index is 11.8. The summed E-state index contributed by atoms with van der Waals surface area (Å²) >= 11 is 0. The van der Waals surface area contributed by atoms with Crippen LogP contribution in [0.2, 0.25) is 0 Å². The average molecular weight is 284 g/mol. The molecule has 0 fully saturated rings. The monoisotopic (exact) mass is 284 g/mol. The summed E-state index contributed by atoms with van der Waals surface area (Å²) in [6.45, 7) is 7.60. The molecule has 0 aliphatic rings. The van der Waals surface area contributed by atoms with Gasteiger partial charge in [0.25, 0.3) is 0 Å². The van der Waals surface area contributed by atoms with Crippen LogP contribution in [0.4, 0.5) is 5.69 Å². The van der Waals surface area contributed by atoms with Gasteiger partial charge in [-0.05, 0) is 36.6 Å². The minimum atomic E-state index is -3.26. The number of anilines is 1. The van der Waals surface area contributed by atoms with Crippen LogP contribution >= 0.6 is 0 Å². The Morgan fingerprint density at radius 3 is 2.26 bits per heavy atom. The van der Waals surface area contributed by atoms with E-state index in [0.717, 1.165) is 13.0 Å². The predicted octanol–water partition coefficient (Wildman–Crippen LogP) is 2.55. The molecule has 0 heterocycles. The van der Waals surface area contributed by atoms with E-state index in [1.165, 1.54) is 5.56 Å². The molecule has 1 rings (SSSR count). The minimum Gasteiger partial charge on any atom is -0.316 e. The molecule has 0 amide bonds. The van der Waals surface area contributed by atoms with E-state index >= 15 is 0 Å². The first-order valence-corrected chi connectivity index (χ1v) is 8.41. The van der Waals surface area contributed by atoms with Gasteiger partial charge in [0.1, 0.15) is 0 Å². The molecule has 108 valence electrons. The zero-order chi connectivity index (χ0) is 14.3. The van der Waals surface area contributed by atoms with E-state index in [2.05, 4.69) is 30.8 Å². The van der Waals surface area contributed by atoms with Crippen LogP contribution < -0.4 is 10.0 Å². The molecule has 2 N–H and O–H groups in total. The lowest BCUT2D eigenvalue weighted by Gasteiger charge is -2.10. The Kier molecular flexibility index (Phi) is 6.31. The Hall–Kier alpha value is -1.07. The van der Waals surface area contributed by atoms with Crippen LogP contribution in [-0.4, -0.2) is 27.3 Å². The fraction of sp³-hybridized carbons (Fsp3) is 0.571. The van der Waals surface area contributed by atoms with Gasteiger partial charge in [0.2, 0.25) is 10.0 Å². The normalized spacial score (nSPS) is 11.8. The lowest BCUT2D eigenvalue weighted by Crippen LogP contribution is -2.27. The third kappa shape index (κ3) is 6.07. The lowest BCUT2D eigenvalue weighted by molar-refractivity contribution is 0.595. The number of benzene rings is 1. The first-order chi connectivity index (χ1) is 8.94. The molecule has 4 nitrogen and oxygen atoms in total. The molecule has 0 aliphatic heterocycles. The molecule has 0 aromatic heterocycles. The number of sulfonamides is 1. The molecule has 0 atom stereocenters. The third-order valence-corrected chi connectivity index (χ3v) is 4.11. The Bertz CT molecular complexity index is 467. The van der Waals surface area contributed by atoms with Crippen LogP contribution in [0.15, 0.2) is 24.3 Å². The Morgan fingerprint density at radius 1 is 1.11 bits per heavy atom. The standard InChI is InChI=1S/C14H24N2O2S/c1-4-9-15-10-11-19(17,18)16-14-7-5-13(6-8-14)12(2)3/h5-8,12,15-16H,4,9-11H2,1-3H3. The fourth-order valence-electron chi connectivity index (χ4n) is 1.67. The van der Waals surface area contributed by atoms with Gasteiger partial charge >= 0.3 is 0 Å². The highest BCUT2D eigenvalue weighted by Crippen LogP contribution is 2.17. The van der Waals surface area contributed by atoms with Gasteiger partial charge in [-0.2, -0.15) is 0 Å². The van der Waals surface area contributed by atoms with Crippen LogP contribution in [0.1, 0.15) is 38.7 Å². The van der Waals surface area contributed by atoms with Gasteiger partial charge in [0.15, 0.2) is 0 Å². The highest BCUT2D eigenvalue weighted by molar-refractivity contribution is 7.92. The van der Waals surface area contributed by atoms with E-state index in [1.807, 2.05) is 24.3 Å². The van der Waals surface area contributed by atoms with E-state index in [-0.39, 0.29) is 5.75 Å². The van der Waals surface area contributed by atoms with Gasteiger partial charge in [0, 0.05) is 12.2 Å². The Balaban J connectivity index is 2.53. The van der Waals surface area contributed by atoms with Crippen molar-refractivity contribution in [3.63, 3.8) is 0 Å². The highest BCUT2D eigenvalue weighted by Gasteiger charge is 2.09. The fourth-order valence-corrected chi connectivity index (χ4v) is 2.69. The average Bonchev–Trinajstić information content (AvgIpc) is 2.35. The second-order valence-corrected chi connectivity index (χ2v) is 6.79. The SMILES string of the molecule is CCCNCCS(=O)(=O)Nc1ccc(C(C)C)cc1. The summed E-state index contributed by atoms with van der Waals surface area (Å²) in [5.74, 6) is 0.544. The molecule has 0 saturated carbocycles. The summed E-state index contributed by atoms with van der Waals surface area (Å²) in [4.78, 5) is 0. The molecule has 0 saturated heterocycles. The van der Waals surface area contributed by atoms with E-state index in [0.29, 0.717) is 18.2 Å². The van der Waals surface area contributed by atoms with Gasteiger partial charge in [-0.3, -0.25) is 4.72 Å². The number of nitrogens with one attached hydrogen (secondary N) is 2. The number of hydrogen-bond donors (Lipinski definition) is 2. The summed E-state index contributed by atoms with van der Waals surface area (Å²) in [5.41, 5.74) is 1.83. The first-order valence-electron chi connectivity index (χ1n) is 6.76. The molecule has 1 aromatic carbocycles. The largest absolute Gasteiger partial charge is 0.316 e. The third-order valence-electron chi connectivity index (χ3n) is 2.83. The van der Waals surface area contributed by atoms with E-state index in [1.54, 1.807) is 0 Å². The highest BCUT2D eigenvalue weighted by atomic mass is 32.2. The molecular formula is C14H24N2O2S. The van der Waals surface area contributed by atoms with Crippen LogP contribution in [0.25, 0.3) is 0 Å². The maximum absolute atomic E-state index is 11.8. The molecule has 0 aliphatic carbocycles. The zero-order valence-corrected chi connectivity index (χ0v) is 12.8. The van der Waals surface area contributed by atoms with Gasteiger partial charge in [-0.15, -0.1) is 0 Å². The van der Waals surface area contributed by atoms with Crippen molar-refractivity contribution >= 4 is 15.7 Å². The van der Waals surface area contributed by atoms with E-state index < -0.39 is 10.0 Å². The summed E-state index contributed by atoms with van der Waals surface area (Å²) in [6.07, 6.45) is 1.00. The summed E-state index contributed by atoms with van der Waals surface area (Å²) in [5, 5.41) is 3.08. The van der Waals surface area contributed by atoms with Crippen molar-refractivity contribution in [2.75, 3.05) is 23.6 Å². The van der Waals surface area contributed by atoms with Crippen molar-refractivity contribution in [3.8, 4) is 0 Å². The van der Waals surface area contributed by atoms with Gasteiger partial charge in [-0.1, -0.05) is 32.9 Å². The second kappa shape index (κ2) is 7.50. The molecule has 0 spiro atoms. The van der Waals surface area contributed by atoms with Crippen molar-refractivity contribution in [1.82, 2.24) is 5.32 Å². The molecule has 5 heteroatoms. The van der Waals surface area contributed by atoms with E-state index in [9.17, 15) is 8.42 Å². The molecule has 1 aromatic rings. The Labute approximate surface area is 116 Å². The second-order valence-electron chi connectivity index (χ2n) is 4.95. The molecule has 0 unspecified atom stereocenters. The summed E-state index contributed by atoms with van der Waals surface area (Å²) in [6, 6.07) is 7.54. The van der Waals surface area contributed by atoms with Gasteiger partial charge < -0.3 is 5.32 Å². The first kappa shape index (κ1) is 16.0. The lowest BCUT2D eigenvalue weighted by atomic mass is 10.0. The molecule has 0 radical (unpaired) electrons. The summed E-state index contributed by atoms with van der Waals surface area (Å²) in [7, 11) is -3.26. The molecular weight excluding hydrogens is 260 g/mol. The van der Waals surface area contributed by atoms with Crippen LogP contribution in [0, 0.1) is 0 Å². The predicted molar refractivity (Wildman–Crippen MR) is 81.1 cm³/mol. The maximum Gasteiger partial charge on any atom is 0.233 e. The van der Waals surface area contributed by atoms with Crippen molar-refractivity contribution in [3.05, 3.63) is 29.8 Å². The van der Waals surface area contributed by atoms with Crippen molar-refractivity contribution < 1.29 is 8.42 Å². The zero-order valence-electron chi connectivity index (χ0n) is 11.9. The van der Waals surface area contributed by atoms with Gasteiger partial charge in [-0.25, -0.2) is 8.42 Å². The van der Waals surface area contributed by atoms with Crippen LogP contribution in [0.5, 0.6) is 0 Å². The smallest absolute Gasteiger partial charge is 0.233 e. The number of hydrogen-bond acceptors (Lipinski definition) is 3.